The van der Waals surface area contributed by atoms with Crippen LogP contribution in [0.1, 0.15) is 36.0 Å². The Morgan fingerprint density at radius 1 is 1.08 bits per heavy atom. The first-order valence-corrected chi connectivity index (χ1v) is 12.0. The molecule has 10 heteroatoms. The van der Waals surface area contributed by atoms with Crippen LogP contribution < -0.4 is 20.9 Å². The topological polar surface area (TPSA) is 130 Å². The van der Waals surface area contributed by atoms with E-state index >= 15 is 0 Å². The van der Waals surface area contributed by atoms with Crippen molar-refractivity contribution in [3.8, 4) is 17.0 Å². The van der Waals surface area contributed by atoms with Crippen molar-refractivity contribution in [3.05, 3.63) is 66.5 Å². The lowest BCUT2D eigenvalue weighted by atomic mass is 10.1. The highest BCUT2D eigenvalue weighted by Crippen LogP contribution is 2.31. The molecule has 0 aliphatic rings. The van der Waals surface area contributed by atoms with Gasteiger partial charge in [0.1, 0.15) is 5.75 Å². The zero-order valence-corrected chi connectivity index (χ0v) is 20.8. The number of hydrogen-bond acceptors (Lipinski definition) is 7. The van der Waals surface area contributed by atoms with Crippen molar-refractivity contribution in [2.75, 3.05) is 19.0 Å². The van der Waals surface area contributed by atoms with Gasteiger partial charge >= 0.3 is 0 Å². The highest BCUT2D eigenvalue weighted by atomic mass is 16.5. The number of unbranched alkanes of at least 4 members (excludes halogenated alkanes) is 2. The van der Waals surface area contributed by atoms with E-state index in [1.807, 2.05) is 25.2 Å². The molecule has 4 rings (SSSR count). The summed E-state index contributed by atoms with van der Waals surface area (Å²) < 4.78 is 7.59. The molecule has 4 N–H and O–H groups in total. The van der Waals surface area contributed by atoms with Crippen LogP contribution in [0.15, 0.2) is 60.9 Å². The van der Waals surface area contributed by atoms with Crippen LogP contribution >= 0.6 is 0 Å². The summed E-state index contributed by atoms with van der Waals surface area (Å²) in [6.07, 6.45) is 6.14. The lowest BCUT2D eigenvalue weighted by Crippen LogP contribution is -2.24. The Kier molecular flexibility index (Phi) is 8.32. The van der Waals surface area contributed by atoms with Crippen LogP contribution in [0.25, 0.3) is 22.2 Å². The van der Waals surface area contributed by atoms with Gasteiger partial charge in [0.15, 0.2) is 0 Å². The number of benzene rings is 2. The van der Waals surface area contributed by atoms with Gasteiger partial charge in [-0.1, -0.05) is 24.6 Å². The minimum absolute atomic E-state index is 0.216. The van der Waals surface area contributed by atoms with Crippen molar-refractivity contribution < 1.29 is 19.5 Å². The van der Waals surface area contributed by atoms with Crippen LogP contribution in [0.2, 0.25) is 0 Å². The molecule has 0 aliphatic heterocycles. The lowest BCUT2D eigenvalue weighted by molar-refractivity contribution is -0.129. The quantitative estimate of drug-likeness (QED) is 0.137. The van der Waals surface area contributed by atoms with Gasteiger partial charge in [0.05, 0.1) is 18.5 Å². The number of aryl methyl sites for hydroxylation is 1. The third-order valence-corrected chi connectivity index (χ3v) is 6.03. The van der Waals surface area contributed by atoms with E-state index in [4.69, 9.17) is 14.9 Å². The van der Waals surface area contributed by atoms with Gasteiger partial charge in [-0.15, -0.1) is 0 Å². The van der Waals surface area contributed by atoms with E-state index in [-0.39, 0.29) is 12.3 Å². The average Bonchev–Trinajstić information content (AvgIpc) is 3.27. The first-order valence-electron chi connectivity index (χ1n) is 12.0. The number of rotatable bonds is 11. The normalized spacial score (nSPS) is 10.8. The molecule has 2 aromatic heterocycles. The van der Waals surface area contributed by atoms with Gasteiger partial charge in [0, 0.05) is 54.4 Å². The SMILES string of the molecule is COc1cc(C(=O)NCCCCCC(=O)NO)ccc1Nc1nccc(-c2cn(C)c3ccccc23)n1. The predicted octanol–water partition coefficient (Wildman–Crippen LogP) is 4.18. The minimum atomic E-state index is -0.407. The molecule has 0 aliphatic carbocycles. The number of fused-ring (bicyclic) bond motifs is 1. The first kappa shape index (κ1) is 25.6. The number of hydroxylamine groups is 1. The van der Waals surface area contributed by atoms with Crippen LogP contribution in [0, 0.1) is 0 Å². The number of amides is 2. The van der Waals surface area contributed by atoms with Gasteiger partial charge in [-0.05, 0) is 43.2 Å². The molecular weight excluding hydrogens is 472 g/mol. The fraction of sp³-hybridized carbons (Fsp3) is 0.259. The van der Waals surface area contributed by atoms with Gasteiger partial charge in [0.2, 0.25) is 11.9 Å². The number of ether oxygens (including phenoxy) is 1. The second kappa shape index (κ2) is 12.0. The second-order valence-corrected chi connectivity index (χ2v) is 8.58. The molecule has 192 valence electrons. The standard InChI is InChI=1S/C27H30N6O4/c1-33-17-20(19-8-5-6-9-23(19)33)21-13-15-29-27(30-21)31-22-12-11-18(16-24(22)37-2)26(35)28-14-7-3-4-10-25(34)32-36/h5-6,8-9,11-13,15-17,36H,3-4,7,10,14H2,1-2H3,(H,28,35)(H,32,34)(H,29,30,31). The third-order valence-electron chi connectivity index (χ3n) is 6.03. The van der Waals surface area contributed by atoms with E-state index in [1.165, 1.54) is 7.11 Å². The van der Waals surface area contributed by atoms with Crippen molar-refractivity contribution in [2.45, 2.75) is 25.7 Å². The summed E-state index contributed by atoms with van der Waals surface area (Å²) in [4.78, 5) is 32.6. The van der Waals surface area contributed by atoms with Crippen LogP contribution in [-0.2, 0) is 11.8 Å². The van der Waals surface area contributed by atoms with Gasteiger partial charge in [-0.25, -0.2) is 15.4 Å². The van der Waals surface area contributed by atoms with Crippen molar-refractivity contribution in [1.29, 1.82) is 0 Å². The van der Waals surface area contributed by atoms with Crippen molar-refractivity contribution in [3.63, 3.8) is 0 Å². The molecule has 0 spiro atoms. The largest absolute Gasteiger partial charge is 0.495 e. The summed E-state index contributed by atoms with van der Waals surface area (Å²) in [5.74, 6) is 0.278. The summed E-state index contributed by atoms with van der Waals surface area (Å²) in [5, 5.41) is 15.7. The molecule has 0 fully saturated rings. The van der Waals surface area contributed by atoms with Crippen LogP contribution in [-0.4, -0.2) is 45.2 Å². The van der Waals surface area contributed by atoms with E-state index in [9.17, 15) is 9.59 Å². The molecule has 0 atom stereocenters. The van der Waals surface area contributed by atoms with E-state index in [2.05, 4.69) is 38.5 Å². The summed E-state index contributed by atoms with van der Waals surface area (Å²) in [6.45, 7) is 0.483. The number of para-hydroxylation sites is 1. The van der Waals surface area contributed by atoms with Gasteiger partial charge < -0.3 is 19.9 Å². The van der Waals surface area contributed by atoms with Crippen LogP contribution in [0.5, 0.6) is 5.75 Å². The molecule has 0 saturated carbocycles. The number of carbonyl (C=O) groups excluding carboxylic acids is 2. The molecule has 0 unspecified atom stereocenters. The summed E-state index contributed by atoms with van der Waals surface area (Å²) in [5.41, 5.74) is 5.64. The zero-order valence-electron chi connectivity index (χ0n) is 20.8. The lowest BCUT2D eigenvalue weighted by Gasteiger charge is -2.12. The number of aromatic nitrogens is 3. The van der Waals surface area contributed by atoms with Crippen LogP contribution in [0.3, 0.4) is 0 Å². The Hall–Kier alpha value is -4.44. The van der Waals surface area contributed by atoms with Gasteiger partial charge in [0.25, 0.3) is 5.91 Å². The maximum Gasteiger partial charge on any atom is 0.251 e. The third kappa shape index (κ3) is 6.22. The highest BCUT2D eigenvalue weighted by molar-refractivity contribution is 5.96. The molecule has 4 aromatic rings. The maximum atomic E-state index is 12.6. The number of nitrogens with zero attached hydrogens (tertiary/aromatic N) is 3. The van der Waals surface area contributed by atoms with Crippen molar-refractivity contribution in [2.24, 2.45) is 7.05 Å². The first-order chi connectivity index (χ1) is 18.0. The number of hydrogen-bond donors (Lipinski definition) is 4. The van der Waals surface area contributed by atoms with Gasteiger partial charge in [-0.2, -0.15) is 0 Å². The summed E-state index contributed by atoms with van der Waals surface area (Å²) in [6, 6.07) is 15.2. The Bertz CT molecular complexity index is 1400. The van der Waals surface area contributed by atoms with E-state index in [0.717, 1.165) is 35.0 Å². The molecular formula is C27H30N6O4. The predicted molar refractivity (Wildman–Crippen MR) is 141 cm³/mol. The van der Waals surface area contributed by atoms with E-state index in [1.54, 1.807) is 29.9 Å². The number of nitrogens with one attached hydrogen (secondary N) is 3. The Balaban J connectivity index is 1.41. The smallest absolute Gasteiger partial charge is 0.251 e. The molecule has 10 nitrogen and oxygen atoms in total. The van der Waals surface area contributed by atoms with Gasteiger partial charge in [-0.3, -0.25) is 14.8 Å². The Labute approximate surface area is 214 Å². The number of methoxy groups -OCH3 is 1. The number of anilines is 2. The molecule has 2 heterocycles. The molecule has 2 amide bonds. The van der Waals surface area contributed by atoms with Crippen LogP contribution in [0.4, 0.5) is 11.6 Å². The maximum absolute atomic E-state index is 12.6. The Morgan fingerprint density at radius 3 is 2.73 bits per heavy atom. The summed E-state index contributed by atoms with van der Waals surface area (Å²) >= 11 is 0. The fourth-order valence-electron chi connectivity index (χ4n) is 4.12. The van der Waals surface area contributed by atoms with E-state index in [0.29, 0.717) is 35.9 Å². The van der Waals surface area contributed by atoms with E-state index < -0.39 is 5.91 Å². The molecule has 0 radical (unpaired) electrons. The van der Waals surface area contributed by atoms with Crippen molar-refractivity contribution >= 4 is 34.4 Å². The molecule has 2 aromatic carbocycles. The average molecular weight is 503 g/mol. The molecule has 0 bridgehead atoms. The molecule has 37 heavy (non-hydrogen) atoms. The monoisotopic (exact) mass is 502 g/mol. The van der Waals surface area contributed by atoms with Crippen molar-refractivity contribution in [1.82, 2.24) is 25.3 Å². The summed E-state index contributed by atoms with van der Waals surface area (Å²) in [7, 11) is 3.55. The second-order valence-electron chi connectivity index (χ2n) is 8.58. The number of carbonyl (C=O) groups is 2. The minimum Gasteiger partial charge on any atom is -0.495 e. The zero-order chi connectivity index (χ0) is 26.2. The Morgan fingerprint density at radius 2 is 1.92 bits per heavy atom. The molecule has 0 saturated heterocycles. The highest BCUT2D eigenvalue weighted by Gasteiger charge is 2.13. The fourth-order valence-corrected chi connectivity index (χ4v) is 4.12.